The molecule has 3 N–H and O–H groups in total. The van der Waals surface area contributed by atoms with E-state index >= 15 is 0 Å². The molecule has 2 heterocycles. The predicted octanol–water partition coefficient (Wildman–Crippen LogP) is 4.61. The summed E-state index contributed by atoms with van der Waals surface area (Å²) in [7, 11) is 0. The maximum absolute atomic E-state index is 9.56. The summed E-state index contributed by atoms with van der Waals surface area (Å²) < 4.78 is 25.2. The van der Waals surface area contributed by atoms with Gasteiger partial charge in [-0.15, -0.1) is 0 Å². The monoisotopic (exact) mass is 548 g/mol. The molecule has 10 nitrogen and oxygen atoms in total. The van der Waals surface area contributed by atoms with E-state index in [4.69, 9.17) is 28.8 Å². The smallest absolute Gasteiger partial charge is 0.199 e. The molecule has 0 aliphatic carbocycles. The van der Waals surface area contributed by atoms with Crippen LogP contribution < -0.4 is 0 Å². The van der Waals surface area contributed by atoms with E-state index in [0.29, 0.717) is 25.5 Å². The highest BCUT2D eigenvalue weighted by molar-refractivity contribution is 5.63. The lowest BCUT2D eigenvalue weighted by atomic mass is 10.3. The lowest BCUT2D eigenvalue weighted by Gasteiger charge is -2.18. The Kier molecular flexibility index (Phi) is 56.3. The summed E-state index contributed by atoms with van der Waals surface area (Å²) in [6, 6.07) is 0. The molecule has 0 radical (unpaired) electrons. The zero-order valence-corrected chi connectivity index (χ0v) is 23.8. The van der Waals surface area contributed by atoms with Crippen molar-refractivity contribution >= 4 is 18.9 Å². The van der Waals surface area contributed by atoms with E-state index < -0.39 is 0 Å². The quantitative estimate of drug-likeness (QED) is 0.169. The fourth-order valence-electron chi connectivity index (χ4n) is 2.04. The average Bonchev–Trinajstić information content (AvgIpc) is 2.93. The van der Waals surface area contributed by atoms with Crippen LogP contribution in [0.2, 0.25) is 0 Å². The standard InChI is InChI=1S/2C7H12O2.C5H8O2.C4H8O.C3H4O.C2H6O.H2O/c2*1-2-8-7-5-3-4-6-9-7;6-4-2-1-3-5-7;1-3-5-4-2;1-2-3-4;1-2-3;/h2*4,6-7H,2-3,5H2,1H3;4-5H,1-3H2;3H,1,4H2,2H3;2-3H,1H2;3H,2H2,1H3;1H2. The van der Waals surface area contributed by atoms with Gasteiger partial charge in [0.2, 0.25) is 0 Å². The minimum Gasteiger partial charge on any atom is -0.502 e. The van der Waals surface area contributed by atoms with E-state index in [2.05, 4.69) is 17.9 Å². The van der Waals surface area contributed by atoms with Gasteiger partial charge in [-0.2, -0.15) is 0 Å². The highest BCUT2D eigenvalue weighted by Crippen LogP contribution is 2.11. The van der Waals surface area contributed by atoms with Crippen molar-refractivity contribution in [2.75, 3.05) is 26.4 Å². The number of aliphatic hydroxyl groups is 1. The first kappa shape index (κ1) is 45.2. The summed E-state index contributed by atoms with van der Waals surface area (Å²) in [6.45, 7) is 16.4. The molecule has 0 fully saturated rings. The largest absolute Gasteiger partial charge is 0.502 e. The number of aldehydes is 3. The maximum Gasteiger partial charge on any atom is 0.199 e. The van der Waals surface area contributed by atoms with Crippen molar-refractivity contribution in [2.45, 2.75) is 85.2 Å². The minimum atomic E-state index is 0. The maximum atomic E-state index is 9.56. The van der Waals surface area contributed by atoms with Crippen LogP contribution in [-0.2, 0) is 38.1 Å². The van der Waals surface area contributed by atoms with Crippen LogP contribution in [0, 0.1) is 0 Å². The molecule has 0 saturated carbocycles. The van der Waals surface area contributed by atoms with Crippen LogP contribution in [-0.4, -0.2) is 68.4 Å². The second kappa shape index (κ2) is 47.4. The fraction of sp³-hybridized carbons (Fsp3) is 0.607. The Labute approximate surface area is 229 Å². The molecule has 224 valence electrons. The molecule has 0 aromatic rings. The number of carbonyl (C=O) groups excluding carboxylic acids is 3. The third-order valence-corrected chi connectivity index (χ3v) is 3.52. The molecule has 10 heteroatoms. The molecular formula is C28H52O10. The minimum absolute atomic E-state index is 0. The zero-order chi connectivity index (χ0) is 28.8. The van der Waals surface area contributed by atoms with Crippen LogP contribution in [0.25, 0.3) is 0 Å². The van der Waals surface area contributed by atoms with Crippen molar-refractivity contribution in [2.24, 2.45) is 0 Å². The highest BCUT2D eigenvalue weighted by Gasteiger charge is 2.09. The van der Waals surface area contributed by atoms with Gasteiger partial charge in [0.15, 0.2) is 12.6 Å². The van der Waals surface area contributed by atoms with Crippen LogP contribution in [0.4, 0.5) is 0 Å². The van der Waals surface area contributed by atoms with Crippen LogP contribution in [0.3, 0.4) is 0 Å². The predicted molar refractivity (Wildman–Crippen MR) is 150 cm³/mol. The van der Waals surface area contributed by atoms with E-state index in [1.165, 1.54) is 12.3 Å². The van der Waals surface area contributed by atoms with Gasteiger partial charge >= 0.3 is 0 Å². The number of allylic oxidation sites excluding steroid dienone is 3. The first-order valence-corrected chi connectivity index (χ1v) is 12.6. The van der Waals surface area contributed by atoms with Crippen LogP contribution in [0.1, 0.15) is 72.6 Å². The summed E-state index contributed by atoms with van der Waals surface area (Å²) in [5.41, 5.74) is 0. The number of rotatable bonds is 11. The second-order valence-electron chi connectivity index (χ2n) is 6.51. The summed E-state index contributed by atoms with van der Waals surface area (Å²) in [5, 5.41) is 7.57. The second-order valence-corrected chi connectivity index (χ2v) is 6.51. The Balaban J connectivity index is -0.000000119. The van der Waals surface area contributed by atoms with Crippen molar-refractivity contribution in [3.8, 4) is 0 Å². The number of hydrogen-bond donors (Lipinski definition) is 1. The van der Waals surface area contributed by atoms with Crippen molar-refractivity contribution in [3.63, 3.8) is 0 Å². The first-order valence-electron chi connectivity index (χ1n) is 12.6. The molecule has 0 bridgehead atoms. The van der Waals surface area contributed by atoms with Crippen molar-refractivity contribution < 1.29 is 48.7 Å². The van der Waals surface area contributed by atoms with Crippen molar-refractivity contribution in [3.05, 3.63) is 50.2 Å². The molecule has 2 aliphatic rings. The van der Waals surface area contributed by atoms with Gasteiger partial charge in [0.1, 0.15) is 18.9 Å². The lowest BCUT2D eigenvalue weighted by molar-refractivity contribution is -0.111. The Morgan fingerprint density at radius 1 is 0.842 bits per heavy atom. The van der Waals surface area contributed by atoms with Gasteiger partial charge in [-0.25, -0.2) is 0 Å². The Morgan fingerprint density at radius 3 is 1.42 bits per heavy atom. The number of hydrogen-bond acceptors (Lipinski definition) is 9. The van der Waals surface area contributed by atoms with Crippen LogP contribution in [0.5, 0.6) is 0 Å². The van der Waals surface area contributed by atoms with Crippen molar-refractivity contribution in [1.29, 1.82) is 0 Å². The molecule has 0 aromatic heterocycles. The third kappa shape index (κ3) is 50.2. The molecule has 2 atom stereocenters. The SMILES string of the molecule is C=CC=O.C=COCC.CCO.CCOC1CCC=CO1.CCOC1CCC=CO1.O.O=CCCCC=O. The Hall–Kier alpha value is -2.79. The molecule has 0 aromatic carbocycles. The van der Waals surface area contributed by atoms with Gasteiger partial charge in [0, 0.05) is 45.5 Å². The lowest BCUT2D eigenvalue weighted by Crippen LogP contribution is -2.16. The molecule has 0 saturated heterocycles. The molecule has 2 unspecified atom stereocenters. The Morgan fingerprint density at radius 2 is 1.24 bits per heavy atom. The Bertz CT molecular complexity index is 496. The fourth-order valence-corrected chi connectivity index (χ4v) is 2.04. The summed E-state index contributed by atoms with van der Waals surface area (Å²) in [5.74, 6) is 0. The third-order valence-electron chi connectivity index (χ3n) is 3.52. The molecule has 0 amide bonds. The number of ether oxygens (including phenoxy) is 5. The van der Waals surface area contributed by atoms with Gasteiger partial charge in [0.25, 0.3) is 0 Å². The van der Waals surface area contributed by atoms with E-state index in [0.717, 1.165) is 58.1 Å². The number of carbonyl (C=O) groups is 3. The summed E-state index contributed by atoms with van der Waals surface area (Å²) in [4.78, 5) is 28.2. The van der Waals surface area contributed by atoms with Crippen LogP contribution in [0.15, 0.2) is 50.2 Å². The van der Waals surface area contributed by atoms with Gasteiger partial charge in [-0.1, -0.05) is 13.2 Å². The molecule has 0 spiro atoms. The normalized spacial score (nSPS) is 15.5. The molecule has 2 aliphatic heterocycles. The number of unbranched alkanes of at least 4 members (excludes halogenated alkanes) is 2. The molecule has 2 rings (SSSR count). The summed E-state index contributed by atoms with van der Waals surface area (Å²) in [6.07, 6.45) is 18.2. The topological polar surface area (TPSA) is 149 Å². The molecular weight excluding hydrogens is 496 g/mol. The average molecular weight is 549 g/mol. The summed E-state index contributed by atoms with van der Waals surface area (Å²) >= 11 is 0. The van der Waals surface area contributed by atoms with Crippen molar-refractivity contribution in [1.82, 2.24) is 0 Å². The number of aliphatic hydroxyl groups excluding tert-OH is 1. The van der Waals surface area contributed by atoms with Gasteiger partial charge in [0.05, 0.1) is 25.4 Å². The highest BCUT2D eigenvalue weighted by atomic mass is 16.7. The van der Waals surface area contributed by atoms with E-state index in [1.807, 2.05) is 32.9 Å². The van der Waals surface area contributed by atoms with Crippen LogP contribution >= 0.6 is 0 Å². The van der Waals surface area contributed by atoms with E-state index in [1.54, 1.807) is 19.4 Å². The van der Waals surface area contributed by atoms with Gasteiger partial charge in [-0.3, -0.25) is 4.79 Å². The van der Waals surface area contributed by atoms with E-state index in [9.17, 15) is 9.59 Å². The molecule has 38 heavy (non-hydrogen) atoms. The zero-order valence-electron chi connectivity index (χ0n) is 23.8. The van der Waals surface area contributed by atoms with E-state index in [-0.39, 0.29) is 24.7 Å². The van der Waals surface area contributed by atoms with Gasteiger partial charge < -0.3 is 43.9 Å². The first-order chi connectivity index (χ1) is 18.0. The van der Waals surface area contributed by atoms with Gasteiger partial charge in [-0.05, 0) is 65.2 Å².